The second-order valence-corrected chi connectivity index (χ2v) is 5.53. The molecule has 120 valence electrons. The van der Waals surface area contributed by atoms with Gasteiger partial charge in [0.15, 0.2) is 0 Å². The minimum absolute atomic E-state index is 0.166. The molecule has 0 aliphatic carbocycles. The Kier molecular flexibility index (Phi) is 4.87. The van der Waals surface area contributed by atoms with Crippen LogP contribution in [-0.4, -0.2) is 18.7 Å². The zero-order chi connectivity index (χ0) is 16.8. The maximum Gasteiger partial charge on any atom is 0.259 e. The number of hydrogen-bond donors (Lipinski definition) is 2. The Hall–Kier alpha value is -3.14. The highest BCUT2D eigenvalue weighted by molar-refractivity contribution is 5.95. The van der Waals surface area contributed by atoms with Gasteiger partial charge in [0.05, 0.1) is 12.8 Å². The van der Waals surface area contributed by atoms with E-state index in [2.05, 4.69) is 15.8 Å². The summed E-state index contributed by atoms with van der Waals surface area (Å²) >= 11 is 0. The summed E-state index contributed by atoms with van der Waals surface area (Å²) in [6.07, 6.45) is 1.66. The molecule has 0 aromatic heterocycles. The van der Waals surface area contributed by atoms with Gasteiger partial charge < -0.3 is 5.32 Å². The summed E-state index contributed by atoms with van der Waals surface area (Å²) in [4.78, 5) is 11.9. The van der Waals surface area contributed by atoms with Crippen LogP contribution < -0.4 is 10.7 Å². The van der Waals surface area contributed by atoms with Crippen LogP contribution in [0.4, 0.5) is 5.69 Å². The van der Waals surface area contributed by atoms with Crippen molar-refractivity contribution < 1.29 is 4.79 Å². The molecule has 0 heterocycles. The first-order valence-corrected chi connectivity index (χ1v) is 7.83. The van der Waals surface area contributed by atoms with Crippen LogP contribution in [0.2, 0.25) is 0 Å². The quantitative estimate of drug-likeness (QED) is 0.557. The van der Waals surface area contributed by atoms with Crippen molar-refractivity contribution in [1.29, 1.82) is 0 Å². The van der Waals surface area contributed by atoms with Crippen LogP contribution in [0.1, 0.15) is 11.1 Å². The van der Waals surface area contributed by atoms with Crippen LogP contribution in [0.3, 0.4) is 0 Å². The highest BCUT2D eigenvalue weighted by Crippen LogP contribution is 2.22. The van der Waals surface area contributed by atoms with Gasteiger partial charge in [0.25, 0.3) is 5.91 Å². The Morgan fingerprint density at radius 3 is 2.62 bits per heavy atom. The molecular formula is C20H19N3O. The molecule has 0 atom stereocenters. The first kappa shape index (κ1) is 15.7. The van der Waals surface area contributed by atoms with E-state index >= 15 is 0 Å². The number of hydrazone groups is 1. The van der Waals surface area contributed by atoms with Gasteiger partial charge in [-0.1, -0.05) is 60.7 Å². The van der Waals surface area contributed by atoms with Crippen molar-refractivity contribution in [2.75, 3.05) is 11.9 Å². The second-order valence-electron chi connectivity index (χ2n) is 5.53. The van der Waals surface area contributed by atoms with E-state index in [9.17, 15) is 4.79 Å². The van der Waals surface area contributed by atoms with E-state index in [-0.39, 0.29) is 12.5 Å². The summed E-state index contributed by atoms with van der Waals surface area (Å²) in [7, 11) is 0. The lowest BCUT2D eigenvalue weighted by Gasteiger charge is -2.08. The average Bonchev–Trinajstić information content (AvgIpc) is 2.61. The minimum atomic E-state index is -0.187. The SMILES string of the molecule is Cc1ccccc1/C=N/NC(=O)CNc1cccc2ccccc12. The molecule has 0 saturated carbocycles. The molecule has 0 fully saturated rings. The van der Waals surface area contributed by atoms with E-state index in [1.807, 2.05) is 73.7 Å². The number of aryl methyl sites for hydroxylation is 1. The molecule has 2 N–H and O–H groups in total. The summed E-state index contributed by atoms with van der Waals surface area (Å²) in [5, 5.41) is 9.41. The number of amides is 1. The molecule has 0 aliphatic rings. The molecule has 4 nitrogen and oxygen atoms in total. The maximum atomic E-state index is 11.9. The Bertz CT molecular complexity index is 881. The molecule has 3 rings (SSSR count). The lowest BCUT2D eigenvalue weighted by atomic mass is 10.1. The third kappa shape index (κ3) is 3.79. The molecule has 0 bridgehead atoms. The van der Waals surface area contributed by atoms with Crippen LogP contribution in [-0.2, 0) is 4.79 Å². The first-order valence-electron chi connectivity index (χ1n) is 7.83. The largest absolute Gasteiger partial charge is 0.376 e. The van der Waals surface area contributed by atoms with Crippen molar-refractivity contribution in [3.8, 4) is 0 Å². The number of rotatable bonds is 5. The Morgan fingerprint density at radius 1 is 1.00 bits per heavy atom. The van der Waals surface area contributed by atoms with E-state index in [1.54, 1.807) is 6.21 Å². The molecular weight excluding hydrogens is 298 g/mol. The molecule has 4 heteroatoms. The summed E-state index contributed by atoms with van der Waals surface area (Å²) < 4.78 is 0. The molecule has 0 aliphatic heterocycles. The molecule has 0 spiro atoms. The molecule has 3 aromatic carbocycles. The fourth-order valence-corrected chi connectivity index (χ4v) is 2.50. The fourth-order valence-electron chi connectivity index (χ4n) is 2.50. The van der Waals surface area contributed by atoms with E-state index in [4.69, 9.17) is 0 Å². The number of nitrogens with zero attached hydrogens (tertiary/aromatic N) is 1. The van der Waals surface area contributed by atoms with Gasteiger partial charge in [0.2, 0.25) is 0 Å². The Morgan fingerprint density at radius 2 is 1.75 bits per heavy atom. The lowest BCUT2D eigenvalue weighted by molar-refractivity contribution is -0.119. The second kappa shape index (κ2) is 7.42. The van der Waals surface area contributed by atoms with Crippen molar-refractivity contribution in [3.05, 3.63) is 77.9 Å². The van der Waals surface area contributed by atoms with Crippen LogP contribution >= 0.6 is 0 Å². The molecule has 3 aromatic rings. The molecule has 1 amide bonds. The number of nitrogens with one attached hydrogen (secondary N) is 2. The fraction of sp³-hybridized carbons (Fsp3) is 0.100. The number of fused-ring (bicyclic) bond motifs is 1. The van der Waals surface area contributed by atoms with Crippen LogP contribution in [0.5, 0.6) is 0 Å². The summed E-state index contributed by atoms with van der Waals surface area (Å²) in [6, 6.07) is 21.9. The molecule has 0 unspecified atom stereocenters. The van der Waals surface area contributed by atoms with E-state index in [1.165, 1.54) is 0 Å². The van der Waals surface area contributed by atoms with Crippen LogP contribution in [0.25, 0.3) is 10.8 Å². The molecule has 0 saturated heterocycles. The third-order valence-corrected chi connectivity index (χ3v) is 3.81. The zero-order valence-electron chi connectivity index (χ0n) is 13.5. The van der Waals surface area contributed by atoms with Crippen molar-refractivity contribution >= 4 is 28.6 Å². The van der Waals surface area contributed by atoms with Gasteiger partial charge in [0.1, 0.15) is 0 Å². The smallest absolute Gasteiger partial charge is 0.259 e. The van der Waals surface area contributed by atoms with Crippen LogP contribution in [0, 0.1) is 6.92 Å². The van der Waals surface area contributed by atoms with Crippen molar-refractivity contribution in [3.63, 3.8) is 0 Å². The average molecular weight is 317 g/mol. The highest BCUT2D eigenvalue weighted by Gasteiger charge is 2.03. The number of carbonyl (C=O) groups is 1. The molecule has 0 radical (unpaired) electrons. The summed E-state index contributed by atoms with van der Waals surface area (Å²) in [5.74, 6) is -0.187. The van der Waals surface area contributed by atoms with Gasteiger partial charge in [-0.15, -0.1) is 0 Å². The van der Waals surface area contributed by atoms with Crippen molar-refractivity contribution in [2.45, 2.75) is 6.92 Å². The predicted octanol–water partition coefficient (Wildman–Crippen LogP) is 3.71. The van der Waals surface area contributed by atoms with Gasteiger partial charge >= 0.3 is 0 Å². The van der Waals surface area contributed by atoms with Gasteiger partial charge in [-0.05, 0) is 29.5 Å². The van der Waals surface area contributed by atoms with Gasteiger partial charge in [-0.3, -0.25) is 4.79 Å². The maximum absolute atomic E-state index is 11.9. The topological polar surface area (TPSA) is 53.5 Å². The van der Waals surface area contributed by atoms with Gasteiger partial charge in [-0.2, -0.15) is 5.10 Å². The van der Waals surface area contributed by atoms with E-state index in [0.717, 1.165) is 27.6 Å². The summed E-state index contributed by atoms with van der Waals surface area (Å²) in [6.45, 7) is 2.17. The number of hydrogen-bond acceptors (Lipinski definition) is 3. The predicted molar refractivity (Wildman–Crippen MR) is 99.4 cm³/mol. The highest BCUT2D eigenvalue weighted by atomic mass is 16.2. The molecule has 24 heavy (non-hydrogen) atoms. The van der Waals surface area contributed by atoms with Crippen LogP contribution in [0.15, 0.2) is 71.8 Å². The first-order chi connectivity index (χ1) is 11.7. The normalized spacial score (nSPS) is 10.9. The van der Waals surface area contributed by atoms with E-state index < -0.39 is 0 Å². The van der Waals surface area contributed by atoms with Gasteiger partial charge in [0, 0.05) is 11.1 Å². The standard InChI is InChI=1S/C20H19N3O/c1-15-7-2-3-9-17(15)13-22-23-20(24)14-21-19-12-6-10-16-8-4-5-11-18(16)19/h2-13,21H,14H2,1H3,(H,23,24)/b22-13+. The number of anilines is 1. The lowest BCUT2D eigenvalue weighted by Crippen LogP contribution is -2.26. The number of carbonyl (C=O) groups excluding carboxylic acids is 1. The minimum Gasteiger partial charge on any atom is -0.376 e. The third-order valence-electron chi connectivity index (χ3n) is 3.81. The number of benzene rings is 3. The monoisotopic (exact) mass is 317 g/mol. The Labute approximate surface area is 141 Å². The zero-order valence-corrected chi connectivity index (χ0v) is 13.5. The Balaban J connectivity index is 1.58. The van der Waals surface area contributed by atoms with E-state index in [0.29, 0.717) is 0 Å². The van der Waals surface area contributed by atoms with Crippen molar-refractivity contribution in [2.24, 2.45) is 5.10 Å². The van der Waals surface area contributed by atoms with Crippen molar-refractivity contribution in [1.82, 2.24) is 5.43 Å². The van der Waals surface area contributed by atoms with Gasteiger partial charge in [-0.25, -0.2) is 5.43 Å². The summed E-state index contributed by atoms with van der Waals surface area (Å²) in [5.41, 5.74) is 5.58.